The fourth-order valence-electron chi connectivity index (χ4n) is 4.05. The minimum atomic E-state index is -0.284. The third kappa shape index (κ3) is 4.36. The van der Waals surface area contributed by atoms with Gasteiger partial charge >= 0.3 is 0 Å². The Bertz CT molecular complexity index is 1100. The fourth-order valence-corrected chi connectivity index (χ4v) is 4.05. The highest BCUT2D eigenvalue weighted by atomic mass is 16.5. The number of piperidine rings is 1. The highest BCUT2D eigenvalue weighted by molar-refractivity contribution is 5.92. The highest BCUT2D eigenvalue weighted by Gasteiger charge is 2.20. The lowest BCUT2D eigenvalue weighted by molar-refractivity contribution is -0.919. The van der Waals surface area contributed by atoms with Crippen LogP contribution in [0.4, 0.5) is 5.69 Å². The van der Waals surface area contributed by atoms with Crippen LogP contribution in [0, 0.1) is 0 Å². The van der Waals surface area contributed by atoms with Crippen molar-refractivity contribution in [3.05, 3.63) is 64.7 Å². The van der Waals surface area contributed by atoms with Gasteiger partial charge < -0.3 is 15.0 Å². The number of nitrogens with one attached hydrogen (secondary N) is 2. The van der Waals surface area contributed by atoms with Crippen LogP contribution in [-0.4, -0.2) is 35.7 Å². The number of ether oxygens (including phenoxy) is 1. The van der Waals surface area contributed by atoms with Crippen molar-refractivity contribution < 1.29 is 14.4 Å². The van der Waals surface area contributed by atoms with Gasteiger partial charge in [-0.2, -0.15) is 0 Å². The highest BCUT2D eigenvalue weighted by Crippen LogP contribution is 2.23. The van der Waals surface area contributed by atoms with E-state index in [4.69, 9.17) is 9.72 Å². The van der Waals surface area contributed by atoms with E-state index in [0.29, 0.717) is 34.7 Å². The van der Waals surface area contributed by atoms with Crippen LogP contribution < -0.4 is 20.5 Å². The maximum Gasteiger partial charge on any atom is 0.262 e. The Kier molecular flexibility index (Phi) is 6.09. The molecule has 0 spiro atoms. The zero-order chi connectivity index (χ0) is 20.9. The number of methoxy groups -OCH3 is 1. The number of nitrogens with zero attached hydrogens (tertiary/aromatic N) is 2. The van der Waals surface area contributed by atoms with Crippen molar-refractivity contribution in [2.75, 3.05) is 25.5 Å². The molecule has 1 aliphatic heterocycles. The van der Waals surface area contributed by atoms with Gasteiger partial charge in [-0.3, -0.25) is 14.2 Å². The fraction of sp³-hybridized carbons (Fsp3) is 0.348. The number of aromatic nitrogens is 2. The predicted octanol–water partition coefficient (Wildman–Crippen LogP) is 1.61. The zero-order valence-electron chi connectivity index (χ0n) is 17.2. The van der Waals surface area contributed by atoms with Crippen LogP contribution in [0.5, 0.6) is 5.75 Å². The lowest BCUT2D eigenvalue weighted by atomic mass is 10.1. The molecule has 30 heavy (non-hydrogen) atoms. The average Bonchev–Trinajstić information content (AvgIpc) is 2.77. The Morgan fingerprint density at radius 3 is 2.63 bits per heavy atom. The molecule has 7 heteroatoms. The van der Waals surface area contributed by atoms with Crippen LogP contribution in [0.15, 0.2) is 53.3 Å². The van der Waals surface area contributed by atoms with Gasteiger partial charge in [-0.1, -0.05) is 24.3 Å². The van der Waals surface area contributed by atoms with Crippen LogP contribution in [0.3, 0.4) is 0 Å². The molecule has 0 bridgehead atoms. The van der Waals surface area contributed by atoms with Crippen molar-refractivity contribution in [2.24, 2.45) is 0 Å². The number of para-hydroxylation sites is 3. The molecule has 0 unspecified atom stereocenters. The summed E-state index contributed by atoms with van der Waals surface area (Å²) >= 11 is 0. The topological polar surface area (TPSA) is 77.7 Å². The molecule has 0 atom stereocenters. The van der Waals surface area contributed by atoms with Gasteiger partial charge in [-0.25, -0.2) is 4.98 Å². The molecule has 2 aromatic carbocycles. The molecule has 3 aromatic rings. The Morgan fingerprint density at radius 1 is 1.10 bits per heavy atom. The summed E-state index contributed by atoms with van der Waals surface area (Å²) in [7, 11) is 1.56. The van der Waals surface area contributed by atoms with Gasteiger partial charge in [-0.15, -0.1) is 0 Å². The molecule has 0 radical (unpaired) electrons. The van der Waals surface area contributed by atoms with E-state index in [1.807, 2.05) is 30.3 Å². The van der Waals surface area contributed by atoms with Gasteiger partial charge in [0, 0.05) is 0 Å². The summed E-state index contributed by atoms with van der Waals surface area (Å²) in [5.41, 5.74) is 1.08. The van der Waals surface area contributed by atoms with Crippen LogP contribution in [0.2, 0.25) is 0 Å². The van der Waals surface area contributed by atoms with E-state index >= 15 is 0 Å². The molecule has 0 aliphatic carbocycles. The Balaban J connectivity index is 1.65. The smallest absolute Gasteiger partial charge is 0.262 e. The summed E-state index contributed by atoms with van der Waals surface area (Å²) < 4.78 is 6.83. The standard InChI is InChI=1S/C23H26N4O3/c1-30-20-12-6-5-11-19(20)25-22(28)16-27-21(15-26-13-7-2-8-14-26)24-18-10-4-3-9-17(18)23(27)29/h3-6,9-12H,2,7-8,13-16H2,1H3,(H,25,28)/p+1. The summed E-state index contributed by atoms with van der Waals surface area (Å²) in [6.07, 6.45) is 3.62. The van der Waals surface area contributed by atoms with Crippen LogP contribution in [0.25, 0.3) is 10.9 Å². The van der Waals surface area contributed by atoms with Crippen LogP contribution >= 0.6 is 0 Å². The Labute approximate surface area is 175 Å². The molecule has 4 rings (SSSR count). The molecule has 1 aliphatic rings. The van der Waals surface area contributed by atoms with E-state index < -0.39 is 0 Å². The third-order valence-electron chi connectivity index (χ3n) is 5.59. The quantitative estimate of drug-likeness (QED) is 0.651. The number of carbonyl (C=O) groups is 1. The van der Waals surface area contributed by atoms with Crippen molar-refractivity contribution in [3.8, 4) is 5.75 Å². The molecule has 2 heterocycles. The average molecular weight is 407 g/mol. The molecule has 2 N–H and O–H groups in total. The number of carbonyl (C=O) groups excluding carboxylic acids is 1. The first-order valence-electron chi connectivity index (χ1n) is 10.4. The Morgan fingerprint density at radius 2 is 1.83 bits per heavy atom. The molecule has 156 valence electrons. The van der Waals surface area contributed by atoms with Crippen molar-refractivity contribution in [3.63, 3.8) is 0 Å². The van der Waals surface area contributed by atoms with E-state index in [-0.39, 0.29) is 18.0 Å². The monoisotopic (exact) mass is 407 g/mol. The van der Waals surface area contributed by atoms with Gasteiger partial charge in [0.2, 0.25) is 5.91 Å². The largest absolute Gasteiger partial charge is 0.495 e. The second-order valence-electron chi connectivity index (χ2n) is 7.67. The first kappa shape index (κ1) is 20.1. The number of benzene rings is 2. The Hall–Kier alpha value is -3.19. The van der Waals surface area contributed by atoms with E-state index in [2.05, 4.69) is 5.32 Å². The van der Waals surface area contributed by atoms with Crippen LogP contribution in [0.1, 0.15) is 25.1 Å². The molecule has 1 amide bonds. The normalized spacial score (nSPS) is 14.6. The number of hydrogen-bond donors (Lipinski definition) is 2. The number of hydrogen-bond acceptors (Lipinski definition) is 4. The van der Waals surface area contributed by atoms with Gasteiger partial charge in [0.05, 0.1) is 36.8 Å². The van der Waals surface area contributed by atoms with Gasteiger partial charge in [-0.05, 0) is 43.5 Å². The number of amides is 1. The van der Waals surface area contributed by atoms with Gasteiger partial charge in [0.25, 0.3) is 5.56 Å². The molecular weight excluding hydrogens is 380 g/mol. The molecular formula is C23H27N4O3+. The van der Waals surface area contributed by atoms with Crippen molar-refractivity contribution in [1.29, 1.82) is 0 Å². The van der Waals surface area contributed by atoms with E-state index in [9.17, 15) is 9.59 Å². The second-order valence-corrected chi connectivity index (χ2v) is 7.67. The van der Waals surface area contributed by atoms with Gasteiger partial charge in [0.1, 0.15) is 18.8 Å². The van der Waals surface area contributed by atoms with Crippen molar-refractivity contribution in [1.82, 2.24) is 9.55 Å². The van der Waals surface area contributed by atoms with Crippen LogP contribution in [-0.2, 0) is 17.9 Å². The van der Waals surface area contributed by atoms with E-state index in [1.165, 1.54) is 28.7 Å². The van der Waals surface area contributed by atoms with Crippen molar-refractivity contribution in [2.45, 2.75) is 32.4 Å². The lowest BCUT2D eigenvalue weighted by Crippen LogP contribution is -3.11. The minimum absolute atomic E-state index is 0.0860. The summed E-state index contributed by atoms with van der Waals surface area (Å²) in [6, 6.07) is 14.5. The molecule has 1 saturated heterocycles. The summed E-state index contributed by atoms with van der Waals surface area (Å²) in [5.74, 6) is 0.951. The third-order valence-corrected chi connectivity index (χ3v) is 5.59. The zero-order valence-corrected chi connectivity index (χ0v) is 17.2. The predicted molar refractivity (Wildman–Crippen MR) is 116 cm³/mol. The SMILES string of the molecule is COc1ccccc1NC(=O)Cn1c(C[NH+]2CCCCC2)nc2ccccc2c1=O. The maximum atomic E-state index is 13.2. The number of anilines is 1. The molecule has 1 fully saturated rings. The van der Waals surface area contributed by atoms with Crippen molar-refractivity contribution >= 4 is 22.5 Å². The molecule has 1 aromatic heterocycles. The summed E-state index contributed by atoms with van der Waals surface area (Å²) in [6.45, 7) is 2.69. The van der Waals surface area contributed by atoms with E-state index in [1.54, 1.807) is 25.3 Å². The first-order valence-corrected chi connectivity index (χ1v) is 10.4. The van der Waals surface area contributed by atoms with Gasteiger partial charge in [0.15, 0.2) is 5.82 Å². The summed E-state index contributed by atoms with van der Waals surface area (Å²) in [4.78, 5) is 32.2. The number of fused-ring (bicyclic) bond motifs is 1. The number of likely N-dealkylation sites (tertiary alicyclic amines) is 1. The molecule has 7 nitrogen and oxygen atoms in total. The maximum absolute atomic E-state index is 13.2. The lowest BCUT2D eigenvalue weighted by Gasteiger charge is -2.24. The second kappa shape index (κ2) is 9.09. The first-order chi connectivity index (χ1) is 14.7. The number of quaternary nitrogens is 1. The molecule has 0 saturated carbocycles. The summed E-state index contributed by atoms with van der Waals surface area (Å²) in [5, 5.41) is 3.39. The number of rotatable bonds is 6. The van der Waals surface area contributed by atoms with E-state index in [0.717, 1.165) is 13.1 Å². The minimum Gasteiger partial charge on any atom is -0.495 e.